The van der Waals surface area contributed by atoms with E-state index in [1.807, 2.05) is 48.6 Å². The van der Waals surface area contributed by atoms with Crippen molar-refractivity contribution in [3.8, 4) is 0 Å². The van der Waals surface area contributed by atoms with Gasteiger partial charge in [-0.15, -0.1) is 0 Å². The highest BCUT2D eigenvalue weighted by atomic mass is 16.6. The van der Waals surface area contributed by atoms with Crippen molar-refractivity contribution in [1.29, 1.82) is 0 Å². The Morgan fingerprint density at radius 3 is 1.21 bits per heavy atom. The van der Waals surface area contributed by atoms with Crippen molar-refractivity contribution in [3.05, 3.63) is 72.9 Å². The van der Waals surface area contributed by atoms with Gasteiger partial charge < -0.3 is 14.2 Å². The van der Waals surface area contributed by atoms with Crippen molar-refractivity contribution in [2.24, 2.45) is 0 Å². The zero-order chi connectivity index (χ0) is 41.5. The lowest BCUT2D eigenvalue weighted by Crippen LogP contribution is -2.30. The Hall–Kier alpha value is -3.15. The second-order valence-corrected chi connectivity index (χ2v) is 15.4. The van der Waals surface area contributed by atoms with E-state index < -0.39 is 6.10 Å². The highest BCUT2D eigenvalue weighted by Gasteiger charge is 2.19. The molecule has 0 N–H and O–H groups in total. The minimum Gasteiger partial charge on any atom is -0.462 e. The molecule has 0 spiro atoms. The third-order valence-corrected chi connectivity index (χ3v) is 9.82. The number of carbonyl (C=O) groups excluding carboxylic acids is 3. The van der Waals surface area contributed by atoms with Gasteiger partial charge >= 0.3 is 17.9 Å². The molecule has 0 saturated heterocycles. The van der Waals surface area contributed by atoms with Gasteiger partial charge in [-0.3, -0.25) is 14.4 Å². The number of unbranched alkanes of at least 4 members (excludes halogenated alkanes) is 22. The summed E-state index contributed by atoms with van der Waals surface area (Å²) in [6, 6.07) is 0. The van der Waals surface area contributed by atoms with Crippen LogP contribution in [0.4, 0.5) is 0 Å². The van der Waals surface area contributed by atoms with Gasteiger partial charge in [0.05, 0.1) is 0 Å². The van der Waals surface area contributed by atoms with Crippen molar-refractivity contribution >= 4 is 17.9 Å². The number of esters is 3. The molecule has 0 aromatic rings. The van der Waals surface area contributed by atoms with Crippen LogP contribution in [0.25, 0.3) is 0 Å². The Bertz CT molecular complexity index is 1100. The molecule has 0 aromatic carbocycles. The van der Waals surface area contributed by atoms with E-state index >= 15 is 0 Å². The Balaban J connectivity index is 4.45. The van der Waals surface area contributed by atoms with Crippen LogP contribution < -0.4 is 0 Å². The number of hydrogen-bond donors (Lipinski definition) is 0. The van der Waals surface area contributed by atoms with Gasteiger partial charge in [-0.1, -0.05) is 209 Å². The summed E-state index contributed by atoms with van der Waals surface area (Å²) in [5.74, 6) is -0.980. The minimum atomic E-state index is -0.799. The summed E-state index contributed by atoms with van der Waals surface area (Å²) < 4.78 is 16.6. The van der Waals surface area contributed by atoms with Crippen molar-refractivity contribution < 1.29 is 28.6 Å². The maximum atomic E-state index is 12.7. The van der Waals surface area contributed by atoms with Crippen LogP contribution in [0.2, 0.25) is 0 Å². The standard InChI is InChI=1S/C51H86O6/c1-4-7-10-13-16-19-21-23-25-27-29-32-35-38-41-44-50(53)56-47-48(46-55-49(52)43-40-37-34-31-18-15-12-9-6-3)57-51(54)45-42-39-36-33-30-28-26-24-22-20-17-14-11-8-5-2/h7,10,13,16,19,21,23,25,27,29,31,34,48H,4-6,8-9,11-12,14-15,17-18,20,22,24,26,28,30,32-33,35-47H2,1-3H3/b10-7-,16-13-,21-19-,25-23-,29-27-,34-31-. The summed E-state index contributed by atoms with van der Waals surface area (Å²) >= 11 is 0. The summed E-state index contributed by atoms with van der Waals surface area (Å²) in [5.41, 5.74) is 0. The van der Waals surface area contributed by atoms with Crippen LogP contribution in [0.15, 0.2) is 72.9 Å². The molecule has 326 valence electrons. The van der Waals surface area contributed by atoms with E-state index in [4.69, 9.17) is 14.2 Å². The van der Waals surface area contributed by atoms with E-state index in [0.29, 0.717) is 25.7 Å². The molecule has 6 heteroatoms. The second-order valence-electron chi connectivity index (χ2n) is 15.4. The lowest BCUT2D eigenvalue weighted by molar-refractivity contribution is -0.167. The molecule has 57 heavy (non-hydrogen) atoms. The molecule has 0 heterocycles. The molecular weight excluding hydrogens is 709 g/mol. The number of rotatable bonds is 41. The maximum Gasteiger partial charge on any atom is 0.306 e. The number of allylic oxidation sites excluding steroid dienone is 12. The second kappa shape index (κ2) is 45.6. The van der Waals surface area contributed by atoms with Gasteiger partial charge in [-0.25, -0.2) is 0 Å². The first-order chi connectivity index (χ1) is 28.0. The third kappa shape index (κ3) is 43.8. The van der Waals surface area contributed by atoms with Crippen molar-refractivity contribution in [2.75, 3.05) is 13.2 Å². The highest BCUT2D eigenvalue weighted by Crippen LogP contribution is 2.15. The van der Waals surface area contributed by atoms with Crippen LogP contribution in [0.3, 0.4) is 0 Å². The lowest BCUT2D eigenvalue weighted by atomic mass is 10.0. The maximum absolute atomic E-state index is 12.7. The largest absolute Gasteiger partial charge is 0.462 e. The van der Waals surface area contributed by atoms with E-state index in [1.54, 1.807) is 0 Å². The SMILES string of the molecule is CC\C=C/C=C\C=C/C=C\C=C/CCCCCC(=O)OCC(COC(=O)CCC/C=C\CCCCCC)OC(=O)CCCCCCCCCCCCCCCCC. The smallest absolute Gasteiger partial charge is 0.306 e. The molecule has 1 unspecified atom stereocenters. The molecule has 0 bridgehead atoms. The van der Waals surface area contributed by atoms with Gasteiger partial charge in [0.15, 0.2) is 6.10 Å². The zero-order valence-electron chi connectivity index (χ0n) is 37.1. The molecule has 0 radical (unpaired) electrons. The monoisotopic (exact) mass is 795 g/mol. The highest BCUT2D eigenvalue weighted by molar-refractivity contribution is 5.71. The van der Waals surface area contributed by atoms with Crippen molar-refractivity contribution in [2.45, 2.75) is 219 Å². The molecular formula is C51H86O6. The molecule has 0 aliphatic carbocycles. The molecule has 6 nitrogen and oxygen atoms in total. The molecule has 0 fully saturated rings. The van der Waals surface area contributed by atoms with Gasteiger partial charge in [-0.2, -0.15) is 0 Å². The van der Waals surface area contributed by atoms with Crippen LogP contribution in [-0.4, -0.2) is 37.2 Å². The van der Waals surface area contributed by atoms with Gasteiger partial charge in [0.2, 0.25) is 0 Å². The molecule has 0 aliphatic rings. The first kappa shape index (κ1) is 53.9. The fourth-order valence-corrected chi connectivity index (χ4v) is 6.29. The summed E-state index contributed by atoms with van der Waals surface area (Å²) in [6.07, 6.45) is 56.1. The van der Waals surface area contributed by atoms with E-state index in [1.165, 1.54) is 103 Å². The Morgan fingerprint density at radius 2 is 0.719 bits per heavy atom. The Morgan fingerprint density at radius 1 is 0.368 bits per heavy atom. The van der Waals surface area contributed by atoms with Crippen LogP contribution in [0, 0.1) is 0 Å². The van der Waals surface area contributed by atoms with E-state index in [9.17, 15) is 14.4 Å². The van der Waals surface area contributed by atoms with Gasteiger partial charge in [0.1, 0.15) is 13.2 Å². The Kier molecular flexibility index (Phi) is 43.0. The molecule has 0 amide bonds. The summed E-state index contributed by atoms with van der Waals surface area (Å²) in [5, 5.41) is 0. The normalized spacial score (nSPS) is 12.7. The first-order valence-corrected chi connectivity index (χ1v) is 23.5. The van der Waals surface area contributed by atoms with Gasteiger partial charge in [-0.05, 0) is 57.8 Å². The van der Waals surface area contributed by atoms with Crippen molar-refractivity contribution in [1.82, 2.24) is 0 Å². The quantitative estimate of drug-likeness (QED) is 0.0202. The topological polar surface area (TPSA) is 78.9 Å². The minimum absolute atomic E-state index is 0.104. The van der Waals surface area contributed by atoms with Crippen LogP contribution in [-0.2, 0) is 28.6 Å². The predicted octanol–water partition coefficient (Wildman–Crippen LogP) is 15.1. The zero-order valence-corrected chi connectivity index (χ0v) is 37.1. The summed E-state index contributed by atoms with van der Waals surface area (Å²) in [4.78, 5) is 37.7. The van der Waals surface area contributed by atoms with Crippen LogP contribution in [0.5, 0.6) is 0 Å². The third-order valence-electron chi connectivity index (χ3n) is 9.82. The predicted molar refractivity (Wildman–Crippen MR) is 242 cm³/mol. The summed E-state index contributed by atoms with van der Waals surface area (Å²) in [7, 11) is 0. The first-order valence-electron chi connectivity index (χ1n) is 23.5. The lowest BCUT2D eigenvalue weighted by Gasteiger charge is -2.18. The molecule has 1 atom stereocenters. The summed E-state index contributed by atoms with van der Waals surface area (Å²) in [6.45, 7) is 6.39. The molecule has 0 aliphatic heterocycles. The average molecular weight is 795 g/mol. The van der Waals surface area contributed by atoms with Gasteiger partial charge in [0.25, 0.3) is 0 Å². The molecule has 0 saturated carbocycles. The fourth-order valence-electron chi connectivity index (χ4n) is 6.29. The number of carbonyl (C=O) groups is 3. The fraction of sp³-hybridized carbons (Fsp3) is 0.706. The Labute approximate surface area is 351 Å². The molecule has 0 aromatic heterocycles. The van der Waals surface area contributed by atoms with E-state index in [-0.39, 0.29) is 31.1 Å². The number of hydrogen-bond acceptors (Lipinski definition) is 6. The van der Waals surface area contributed by atoms with Gasteiger partial charge in [0, 0.05) is 19.3 Å². The van der Waals surface area contributed by atoms with E-state index in [2.05, 4.69) is 45.1 Å². The average Bonchev–Trinajstić information content (AvgIpc) is 3.21. The van der Waals surface area contributed by atoms with Crippen LogP contribution >= 0.6 is 0 Å². The van der Waals surface area contributed by atoms with Crippen molar-refractivity contribution in [3.63, 3.8) is 0 Å². The molecule has 0 rings (SSSR count). The number of ether oxygens (including phenoxy) is 3. The van der Waals surface area contributed by atoms with Crippen LogP contribution in [0.1, 0.15) is 213 Å². The van der Waals surface area contributed by atoms with E-state index in [0.717, 1.165) is 64.2 Å².